The zero-order valence-electron chi connectivity index (χ0n) is 20.4. The van der Waals surface area contributed by atoms with Gasteiger partial charge in [-0.2, -0.15) is 5.10 Å². The molecule has 1 N–H and O–H groups in total. The molecule has 6 nitrogen and oxygen atoms in total. The molecule has 2 aromatic rings. The maximum atomic E-state index is 13.3. The van der Waals surface area contributed by atoms with Gasteiger partial charge < -0.3 is 10.2 Å². The number of likely N-dealkylation sites (tertiary alicyclic amines) is 1. The molecule has 2 heterocycles. The molecule has 1 aliphatic heterocycles. The van der Waals surface area contributed by atoms with Crippen LogP contribution in [0.1, 0.15) is 99.1 Å². The van der Waals surface area contributed by atoms with Gasteiger partial charge in [0.2, 0.25) is 0 Å². The van der Waals surface area contributed by atoms with Gasteiger partial charge in [0.1, 0.15) is 0 Å². The fourth-order valence-corrected chi connectivity index (χ4v) is 5.32. The molecule has 1 atom stereocenters. The number of ketones is 1. The number of nitrogens with zero attached hydrogens (tertiary/aromatic N) is 3. The maximum Gasteiger partial charge on any atom is 0.318 e. The molecular weight excluding hydrogens is 412 g/mol. The Balaban J connectivity index is 1.57. The summed E-state index contributed by atoms with van der Waals surface area (Å²) in [5, 5.41) is 8.08. The quantitative estimate of drug-likeness (QED) is 0.527. The summed E-state index contributed by atoms with van der Waals surface area (Å²) in [6.07, 6.45) is 7.86. The Labute approximate surface area is 197 Å². The van der Waals surface area contributed by atoms with Gasteiger partial charge >= 0.3 is 6.03 Å². The third-order valence-electron chi connectivity index (χ3n) is 6.99. The standard InChI is InChI=1S/C27H38N4O2/c1-4-5-6-10-16-31-22-17-27(2,3)18-23(32)24(22)25(29-31)21-14-11-15-30(21)26(33)28-19-20-12-8-7-9-13-20/h7-9,12-13,21H,4-6,10-11,14-19H2,1-3H3,(H,28,33)/t21-/m1/s1. The van der Waals surface area contributed by atoms with Crippen molar-refractivity contribution >= 4 is 11.8 Å². The normalized spacial score (nSPS) is 19.5. The molecule has 1 saturated heterocycles. The highest BCUT2D eigenvalue weighted by molar-refractivity contribution is 6.00. The molecule has 2 amide bonds. The van der Waals surface area contributed by atoms with Gasteiger partial charge in [-0.15, -0.1) is 0 Å². The number of aryl methyl sites for hydroxylation is 1. The minimum absolute atomic E-state index is 0.0506. The highest BCUT2D eigenvalue weighted by Gasteiger charge is 2.41. The number of carbonyl (C=O) groups is 2. The van der Waals surface area contributed by atoms with Gasteiger partial charge in [0.05, 0.1) is 23.0 Å². The van der Waals surface area contributed by atoms with Crippen molar-refractivity contribution < 1.29 is 9.59 Å². The van der Waals surface area contributed by atoms with Crippen LogP contribution in [0.3, 0.4) is 0 Å². The predicted octanol–water partition coefficient (Wildman–Crippen LogP) is 5.67. The van der Waals surface area contributed by atoms with Crippen LogP contribution in [0.15, 0.2) is 30.3 Å². The van der Waals surface area contributed by atoms with Crippen LogP contribution >= 0.6 is 0 Å². The van der Waals surface area contributed by atoms with Gasteiger partial charge in [0.25, 0.3) is 0 Å². The first kappa shape index (κ1) is 23.5. The number of nitrogens with one attached hydrogen (secondary N) is 1. The van der Waals surface area contributed by atoms with Crippen LogP contribution in [0.4, 0.5) is 4.79 Å². The number of hydrogen-bond acceptors (Lipinski definition) is 3. The van der Waals surface area contributed by atoms with Crippen LogP contribution < -0.4 is 5.32 Å². The molecule has 1 aromatic heterocycles. The summed E-state index contributed by atoms with van der Waals surface area (Å²) in [5.41, 5.74) is 3.74. The largest absolute Gasteiger partial charge is 0.334 e. The van der Waals surface area contributed by atoms with E-state index in [0.29, 0.717) is 19.5 Å². The molecule has 0 radical (unpaired) electrons. The maximum absolute atomic E-state index is 13.3. The van der Waals surface area contributed by atoms with Crippen molar-refractivity contribution in [2.75, 3.05) is 6.54 Å². The molecular formula is C27H38N4O2. The SMILES string of the molecule is CCCCCCn1nc([C@H]2CCCN2C(=O)NCc2ccccc2)c2c1CC(C)(C)CC2=O. The van der Waals surface area contributed by atoms with E-state index in [1.165, 1.54) is 19.3 Å². The minimum Gasteiger partial charge on any atom is -0.334 e. The second kappa shape index (κ2) is 10.1. The zero-order valence-corrected chi connectivity index (χ0v) is 20.4. The summed E-state index contributed by atoms with van der Waals surface area (Å²) < 4.78 is 2.09. The Bertz CT molecular complexity index is 980. The topological polar surface area (TPSA) is 67.2 Å². The lowest BCUT2D eigenvalue weighted by molar-refractivity contribution is 0.0906. The van der Waals surface area contributed by atoms with Gasteiger partial charge in [0.15, 0.2) is 5.78 Å². The van der Waals surface area contributed by atoms with E-state index in [1.54, 1.807) is 0 Å². The predicted molar refractivity (Wildman–Crippen MR) is 130 cm³/mol. The summed E-state index contributed by atoms with van der Waals surface area (Å²) in [4.78, 5) is 28.3. The van der Waals surface area contributed by atoms with E-state index in [-0.39, 0.29) is 23.3 Å². The number of urea groups is 1. The van der Waals surface area contributed by atoms with E-state index in [2.05, 4.69) is 30.8 Å². The van der Waals surface area contributed by atoms with Gasteiger partial charge in [-0.3, -0.25) is 9.48 Å². The van der Waals surface area contributed by atoms with Crippen molar-refractivity contribution in [3.8, 4) is 0 Å². The average molecular weight is 451 g/mol. The van der Waals surface area contributed by atoms with Crippen LogP contribution in [-0.2, 0) is 19.5 Å². The summed E-state index contributed by atoms with van der Waals surface area (Å²) in [6.45, 7) is 8.59. The van der Waals surface area contributed by atoms with Crippen molar-refractivity contribution in [1.82, 2.24) is 20.0 Å². The van der Waals surface area contributed by atoms with E-state index in [0.717, 1.165) is 54.7 Å². The molecule has 0 saturated carbocycles. The molecule has 0 bridgehead atoms. The smallest absolute Gasteiger partial charge is 0.318 e. The van der Waals surface area contributed by atoms with Crippen LogP contribution in [-0.4, -0.2) is 33.0 Å². The van der Waals surface area contributed by atoms with Crippen molar-refractivity contribution in [3.05, 3.63) is 52.8 Å². The molecule has 1 fully saturated rings. The molecule has 1 aromatic carbocycles. The van der Waals surface area contributed by atoms with Crippen LogP contribution in [0.5, 0.6) is 0 Å². The Morgan fingerprint density at radius 2 is 1.94 bits per heavy atom. The molecule has 1 aliphatic carbocycles. The number of fused-ring (bicyclic) bond motifs is 1. The third-order valence-corrected chi connectivity index (χ3v) is 6.99. The Morgan fingerprint density at radius 3 is 2.70 bits per heavy atom. The lowest BCUT2D eigenvalue weighted by atomic mass is 9.75. The zero-order chi connectivity index (χ0) is 23.4. The van der Waals surface area contributed by atoms with E-state index in [9.17, 15) is 9.59 Å². The highest BCUT2D eigenvalue weighted by Crippen LogP contribution is 2.41. The van der Waals surface area contributed by atoms with Crippen molar-refractivity contribution in [2.45, 2.75) is 91.3 Å². The van der Waals surface area contributed by atoms with Gasteiger partial charge in [0, 0.05) is 26.1 Å². The summed E-state index contributed by atoms with van der Waals surface area (Å²) in [5.74, 6) is 0.188. The lowest BCUT2D eigenvalue weighted by Gasteiger charge is -2.30. The molecule has 2 aliphatic rings. The molecule has 33 heavy (non-hydrogen) atoms. The van der Waals surface area contributed by atoms with Gasteiger partial charge in [-0.05, 0) is 36.7 Å². The fraction of sp³-hybridized carbons (Fsp3) is 0.593. The first-order chi connectivity index (χ1) is 15.9. The number of amides is 2. The molecule has 4 rings (SSSR count). The monoisotopic (exact) mass is 450 g/mol. The lowest BCUT2D eigenvalue weighted by Crippen LogP contribution is -2.39. The van der Waals surface area contributed by atoms with E-state index in [1.807, 2.05) is 35.2 Å². The van der Waals surface area contributed by atoms with Crippen molar-refractivity contribution in [1.29, 1.82) is 0 Å². The van der Waals surface area contributed by atoms with E-state index in [4.69, 9.17) is 5.10 Å². The molecule has 0 unspecified atom stereocenters. The van der Waals surface area contributed by atoms with Gasteiger partial charge in [-0.1, -0.05) is 70.4 Å². The van der Waals surface area contributed by atoms with Crippen molar-refractivity contribution in [3.63, 3.8) is 0 Å². The first-order valence-electron chi connectivity index (χ1n) is 12.6. The summed E-state index contributed by atoms with van der Waals surface area (Å²) in [7, 11) is 0. The third kappa shape index (κ3) is 5.31. The van der Waals surface area contributed by atoms with Gasteiger partial charge in [-0.25, -0.2) is 4.79 Å². The van der Waals surface area contributed by atoms with E-state index < -0.39 is 0 Å². The fourth-order valence-electron chi connectivity index (χ4n) is 5.32. The Morgan fingerprint density at radius 1 is 1.15 bits per heavy atom. The number of rotatable bonds is 8. The summed E-state index contributed by atoms with van der Waals surface area (Å²) >= 11 is 0. The summed E-state index contributed by atoms with van der Waals surface area (Å²) in [6, 6.07) is 9.76. The number of hydrogen-bond donors (Lipinski definition) is 1. The number of Topliss-reactive ketones (excluding diaryl/α,β-unsaturated/α-hetero) is 1. The number of carbonyl (C=O) groups excluding carboxylic acids is 2. The van der Waals surface area contributed by atoms with Crippen LogP contribution in [0, 0.1) is 5.41 Å². The number of aromatic nitrogens is 2. The number of benzene rings is 1. The van der Waals surface area contributed by atoms with Crippen LogP contribution in [0.2, 0.25) is 0 Å². The highest BCUT2D eigenvalue weighted by atomic mass is 16.2. The number of unbranched alkanes of at least 4 members (excludes halogenated alkanes) is 3. The second-order valence-corrected chi connectivity index (χ2v) is 10.4. The average Bonchev–Trinajstić information content (AvgIpc) is 3.40. The molecule has 6 heteroatoms. The minimum atomic E-state index is -0.128. The van der Waals surface area contributed by atoms with Crippen molar-refractivity contribution in [2.24, 2.45) is 5.41 Å². The molecule has 0 spiro atoms. The van der Waals surface area contributed by atoms with E-state index >= 15 is 0 Å². The Hall–Kier alpha value is -2.63. The second-order valence-electron chi connectivity index (χ2n) is 10.4. The Kier molecular flexibility index (Phi) is 7.20. The molecule has 178 valence electrons. The first-order valence-corrected chi connectivity index (χ1v) is 12.6. The van der Waals surface area contributed by atoms with Crippen LogP contribution in [0.25, 0.3) is 0 Å².